The van der Waals surface area contributed by atoms with Gasteiger partial charge in [0.2, 0.25) is 0 Å². The number of hydrogen-bond acceptors (Lipinski definition) is 6. The van der Waals surface area contributed by atoms with Gasteiger partial charge in [-0.3, -0.25) is 4.79 Å². The summed E-state index contributed by atoms with van der Waals surface area (Å²) < 4.78 is 4.57. The van der Waals surface area contributed by atoms with Crippen molar-refractivity contribution in [3.05, 3.63) is 11.4 Å². The Labute approximate surface area is 107 Å². The van der Waals surface area contributed by atoms with E-state index in [1.807, 2.05) is 6.92 Å². The molecule has 6 heteroatoms. The van der Waals surface area contributed by atoms with E-state index in [9.17, 15) is 4.79 Å². The molecule has 0 atom stereocenters. The molecule has 0 aliphatic rings. The minimum Gasteiger partial charge on any atom is -0.469 e. The van der Waals surface area contributed by atoms with E-state index in [0.29, 0.717) is 24.6 Å². The van der Waals surface area contributed by atoms with Crippen molar-refractivity contribution in [2.75, 3.05) is 24.7 Å². The standard InChI is InChI=1S/C12H20N4O2/c1-4-5-9-15-11(13)8(2)12(16-9)14-7-6-10(17)18-3/h4-7H2,1-3H3,(H3,13,14,15,16). The van der Waals surface area contributed by atoms with Crippen LogP contribution in [0.25, 0.3) is 0 Å². The largest absolute Gasteiger partial charge is 0.469 e. The van der Waals surface area contributed by atoms with Crippen molar-refractivity contribution >= 4 is 17.6 Å². The third-order valence-electron chi connectivity index (χ3n) is 2.55. The van der Waals surface area contributed by atoms with Gasteiger partial charge in [0.25, 0.3) is 0 Å². The summed E-state index contributed by atoms with van der Waals surface area (Å²) >= 11 is 0. The Kier molecular flexibility index (Phi) is 5.35. The third-order valence-corrected chi connectivity index (χ3v) is 2.55. The molecule has 3 N–H and O–H groups in total. The Bertz CT molecular complexity index is 421. The van der Waals surface area contributed by atoms with Gasteiger partial charge in [-0.05, 0) is 13.3 Å². The number of aromatic nitrogens is 2. The maximum atomic E-state index is 11.0. The highest BCUT2D eigenvalue weighted by Gasteiger charge is 2.08. The average molecular weight is 252 g/mol. The van der Waals surface area contributed by atoms with Crippen molar-refractivity contribution in [3.63, 3.8) is 0 Å². The van der Waals surface area contributed by atoms with Crippen molar-refractivity contribution in [2.24, 2.45) is 0 Å². The van der Waals surface area contributed by atoms with E-state index in [1.165, 1.54) is 7.11 Å². The molecule has 6 nitrogen and oxygen atoms in total. The van der Waals surface area contributed by atoms with Gasteiger partial charge in [-0.25, -0.2) is 9.97 Å². The number of ether oxygens (including phenoxy) is 1. The number of rotatable bonds is 6. The minimum atomic E-state index is -0.254. The summed E-state index contributed by atoms with van der Waals surface area (Å²) in [6.45, 7) is 4.38. The predicted octanol–water partition coefficient (Wildman–Crippen LogP) is 1.29. The van der Waals surface area contributed by atoms with Gasteiger partial charge in [-0.2, -0.15) is 0 Å². The highest BCUT2D eigenvalue weighted by molar-refractivity contribution is 5.70. The van der Waals surface area contributed by atoms with Crippen molar-refractivity contribution in [2.45, 2.75) is 33.1 Å². The molecule has 0 amide bonds. The van der Waals surface area contributed by atoms with Crippen molar-refractivity contribution in [3.8, 4) is 0 Å². The Hall–Kier alpha value is -1.85. The highest BCUT2D eigenvalue weighted by atomic mass is 16.5. The zero-order valence-electron chi connectivity index (χ0n) is 11.1. The summed E-state index contributed by atoms with van der Waals surface area (Å²) in [5, 5.41) is 3.09. The van der Waals surface area contributed by atoms with E-state index in [1.54, 1.807) is 0 Å². The molecule has 0 fully saturated rings. The maximum absolute atomic E-state index is 11.0. The highest BCUT2D eigenvalue weighted by Crippen LogP contribution is 2.17. The molecule has 1 aromatic rings. The molecular weight excluding hydrogens is 232 g/mol. The van der Waals surface area contributed by atoms with Crippen LogP contribution in [0.4, 0.5) is 11.6 Å². The zero-order valence-corrected chi connectivity index (χ0v) is 11.1. The molecule has 0 aliphatic heterocycles. The first-order chi connectivity index (χ1) is 8.58. The van der Waals surface area contributed by atoms with Gasteiger partial charge in [0.15, 0.2) is 0 Å². The van der Waals surface area contributed by atoms with Gasteiger partial charge >= 0.3 is 5.97 Å². The molecule has 18 heavy (non-hydrogen) atoms. The monoisotopic (exact) mass is 252 g/mol. The number of hydrogen-bond donors (Lipinski definition) is 2. The molecule has 0 spiro atoms. The maximum Gasteiger partial charge on any atom is 0.307 e. The molecule has 0 unspecified atom stereocenters. The van der Waals surface area contributed by atoms with Gasteiger partial charge in [-0.1, -0.05) is 6.92 Å². The minimum absolute atomic E-state index is 0.254. The first-order valence-electron chi connectivity index (χ1n) is 6.02. The number of nitrogens with zero attached hydrogens (tertiary/aromatic N) is 2. The quantitative estimate of drug-likeness (QED) is 0.741. The average Bonchev–Trinajstić information content (AvgIpc) is 2.35. The number of esters is 1. The number of aryl methyl sites for hydroxylation is 1. The molecule has 1 rings (SSSR count). The smallest absolute Gasteiger partial charge is 0.307 e. The van der Waals surface area contributed by atoms with E-state index >= 15 is 0 Å². The second-order valence-electron chi connectivity index (χ2n) is 4.00. The van der Waals surface area contributed by atoms with Gasteiger partial charge < -0.3 is 15.8 Å². The fourth-order valence-electron chi connectivity index (χ4n) is 1.47. The van der Waals surface area contributed by atoms with E-state index in [2.05, 4.69) is 26.9 Å². The summed E-state index contributed by atoms with van der Waals surface area (Å²) in [7, 11) is 1.37. The topological polar surface area (TPSA) is 90.1 Å². The van der Waals surface area contributed by atoms with Crippen LogP contribution in [0.5, 0.6) is 0 Å². The fourth-order valence-corrected chi connectivity index (χ4v) is 1.47. The van der Waals surface area contributed by atoms with Crippen molar-refractivity contribution in [1.82, 2.24) is 9.97 Å². The first kappa shape index (κ1) is 14.2. The molecule has 100 valence electrons. The Balaban J connectivity index is 2.71. The second kappa shape index (κ2) is 6.78. The van der Waals surface area contributed by atoms with Crippen LogP contribution in [0.15, 0.2) is 0 Å². The van der Waals surface area contributed by atoms with E-state index in [4.69, 9.17) is 5.73 Å². The lowest BCUT2D eigenvalue weighted by Gasteiger charge is -2.11. The van der Waals surface area contributed by atoms with Crippen LogP contribution < -0.4 is 11.1 Å². The number of methoxy groups -OCH3 is 1. The third kappa shape index (κ3) is 3.87. The lowest BCUT2D eigenvalue weighted by Crippen LogP contribution is -2.13. The van der Waals surface area contributed by atoms with Crippen LogP contribution in [0.3, 0.4) is 0 Å². The molecule has 0 aromatic carbocycles. The van der Waals surface area contributed by atoms with Crippen LogP contribution in [0.2, 0.25) is 0 Å². The number of nitrogens with one attached hydrogen (secondary N) is 1. The first-order valence-corrected chi connectivity index (χ1v) is 6.02. The summed E-state index contributed by atoms with van der Waals surface area (Å²) in [4.78, 5) is 19.6. The second-order valence-corrected chi connectivity index (χ2v) is 4.00. The lowest BCUT2D eigenvalue weighted by molar-refractivity contribution is -0.140. The van der Waals surface area contributed by atoms with E-state index in [-0.39, 0.29) is 5.97 Å². The molecule has 0 aliphatic carbocycles. The Morgan fingerprint density at radius 1 is 1.44 bits per heavy atom. The number of nitrogen functional groups attached to an aromatic ring is 1. The zero-order chi connectivity index (χ0) is 13.5. The molecule has 0 bridgehead atoms. The number of anilines is 2. The van der Waals surface area contributed by atoms with Gasteiger partial charge in [0.05, 0.1) is 13.5 Å². The van der Waals surface area contributed by atoms with Crippen molar-refractivity contribution < 1.29 is 9.53 Å². The van der Waals surface area contributed by atoms with Crippen molar-refractivity contribution in [1.29, 1.82) is 0 Å². The molecule has 1 heterocycles. The molecule has 0 saturated carbocycles. The van der Waals surface area contributed by atoms with Crippen LogP contribution in [-0.4, -0.2) is 29.6 Å². The lowest BCUT2D eigenvalue weighted by atomic mass is 10.2. The summed E-state index contributed by atoms with van der Waals surface area (Å²) in [6, 6.07) is 0. The molecule has 0 radical (unpaired) electrons. The molecule has 0 saturated heterocycles. The van der Waals surface area contributed by atoms with Crippen LogP contribution in [0.1, 0.15) is 31.2 Å². The SMILES string of the molecule is CCCc1nc(N)c(C)c(NCCC(=O)OC)n1. The summed E-state index contributed by atoms with van der Waals surface area (Å²) in [5.41, 5.74) is 6.63. The van der Waals surface area contributed by atoms with Crippen LogP contribution >= 0.6 is 0 Å². The summed E-state index contributed by atoms with van der Waals surface area (Å²) in [6.07, 6.45) is 2.04. The Morgan fingerprint density at radius 3 is 2.78 bits per heavy atom. The number of nitrogens with two attached hydrogens (primary N) is 1. The van der Waals surface area contributed by atoms with Crippen LogP contribution in [0, 0.1) is 6.92 Å². The van der Waals surface area contributed by atoms with Gasteiger partial charge in [-0.15, -0.1) is 0 Å². The number of carbonyl (C=O) groups excluding carboxylic acids is 1. The van der Waals surface area contributed by atoms with Crippen LogP contribution in [-0.2, 0) is 16.0 Å². The normalized spacial score (nSPS) is 10.2. The summed E-state index contributed by atoms with van der Waals surface area (Å²) in [5.74, 6) is 1.64. The Morgan fingerprint density at radius 2 is 2.17 bits per heavy atom. The van der Waals surface area contributed by atoms with E-state index in [0.717, 1.165) is 24.2 Å². The molecule has 1 aromatic heterocycles. The van der Waals surface area contributed by atoms with E-state index < -0.39 is 0 Å². The fraction of sp³-hybridized carbons (Fsp3) is 0.583. The van der Waals surface area contributed by atoms with Gasteiger partial charge in [0.1, 0.15) is 17.5 Å². The predicted molar refractivity (Wildman–Crippen MR) is 70.3 cm³/mol. The number of carbonyl (C=O) groups is 1. The molecular formula is C12H20N4O2. The van der Waals surface area contributed by atoms with Gasteiger partial charge in [0, 0.05) is 18.5 Å².